The molecule has 1 unspecified atom stereocenters. The molecule has 0 aliphatic heterocycles. The molecule has 1 atom stereocenters. The van der Waals surface area contributed by atoms with E-state index in [9.17, 15) is 9.18 Å². The van der Waals surface area contributed by atoms with Crippen LogP contribution < -0.4 is 14.8 Å². The maximum absolute atomic E-state index is 13.4. The second-order valence-corrected chi connectivity index (χ2v) is 7.89. The predicted octanol–water partition coefficient (Wildman–Crippen LogP) is 3.45. The molecule has 1 N–H and O–H groups in total. The summed E-state index contributed by atoms with van der Waals surface area (Å²) in [6.07, 6.45) is 5.20. The molecule has 2 aromatic heterocycles. The molecule has 0 fully saturated rings. The van der Waals surface area contributed by atoms with Crippen LogP contribution in [0.5, 0.6) is 11.5 Å². The van der Waals surface area contributed by atoms with Crippen LogP contribution in [0.1, 0.15) is 30.7 Å². The number of benzene rings is 1. The fourth-order valence-electron chi connectivity index (χ4n) is 3.15. The average Bonchev–Trinajstić information content (AvgIpc) is 3.27. The van der Waals surface area contributed by atoms with Crippen LogP contribution in [-0.2, 0) is 16.8 Å². The number of ether oxygens (including phenoxy) is 2. The molecule has 2 heterocycles. The van der Waals surface area contributed by atoms with Gasteiger partial charge in [0.1, 0.15) is 23.4 Å². The van der Waals surface area contributed by atoms with Gasteiger partial charge in [0.05, 0.1) is 22.2 Å². The van der Waals surface area contributed by atoms with E-state index in [4.69, 9.17) is 30.8 Å². The lowest BCUT2D eigenvalue weighted by molar-refractivity contribution is -0.122. The summed E-state index contributed by atoms with van der Waals surface area (Å²) in [4.78, 5) is 16.0. The summed E-state index contributed by atoms with van der Waals surface area (Å²) in [7, 11) is 0. The van der Waals surface area contributed by atoms with Gasteiger partial charge >= 0.3 is 0 Å². The first kappa shape index (κ1) is 22.2. The number of carbonyl (C=O) groups excluding carboxylic acids is 1. The number of halogens is 2. The van der Waals surface area contributed by atoms with Crippen molar-refractivity contribution in [1.82, 2.24) is 20.5 Å². The van der Waals surface area contributed by atoms with Gasteiger partial charge in [-0.3, -0.25) is 9.78 Å². The second-order valence-electron chi connectivity index (χ2n) is 7.49. The molecular weight excluding hydrogens is 453 g/mol. The fourth-order valence-corrected chi connectivity index (χ4v) is 3.26. The molecule has 9 nitrogen and oxygen atoms in total. The minimum atomic E-state index is -0.622. The Kier molecular flexibility index (Phi) is 6.24. The van der Waals surface area contributed by atoms with Gasteiger partial charge in [-0.05, 0) is 25.1 Å². The third-order valence-corrected chi connectivity index (χ3v) is 5.08. The lowest BCUT2D eigenvalue weighted by atomic mass is 9.75. The van der Waals surface area contributed by atoms with E-state index in [-0.39, 0.29) is 35.8 Å². The summed E-state index contributed by atoms with van der Waals surface area (Å²) in [5, 5.41) is 19.7. The third kappa shape index (κ3) is 5.27. The van der Waals surface area contributed by atoms with Gasteiger partial charge in [0.15, 0.2) is 13.2 Å². The molecule has 11 heteroatoms. The molecule has 0 saturated carbocycles. The number of nitrogens with zero attached hydrogens (tertiary/aromatic N) is 4. The van der Waals surface area contributed by atoms with E-state index in [2.05, 4.69) is 20.5 Å². The van der Waals surface area contributed by atoms with Crippen LogP contribution in [0.25, 0.3) is 0 Å². The molecule has 0 saturated heterocycles. The van der Waals surface area contributed by atoms with Crippen molar-refractivity contribution in [3.63, 3.8) is 0 Å². The summed E-state index contributed by atoms with van der Waals surface area (Å²) in [5.41, 5.74) is 0.533. The van der Waals surface area contributed by atoms with E-state index in [0.717, 1.165) is 6.07 Å². The van der Waals surface area contributed by atoms with Crippen LogP contribution in [0.4, 0.5) is 4.39 Å². The van der Waals surface area contributed by atoms with Crippen molar-refractivity contribution >= 4 is 17.5 Å². The van der Waals surface area contributed by atoms with Crippen molar-refractivity contribution in [2.75, 3.05) is 6.61 Å². The van der Waals surface area contributed by atoms with Crippen LogP contribution >= 0.6 is 11.6 Å². The number of allylic oxidation sites excluding steroid dienone is 2. The number of hydrogen-bond acceptors (Lipinski definition) is 8. The highest BCUT2D eigenvalue weighted by Crippen LogP contribution is 2.39. The van der Waals surface area contributed by atoms with Gasteiger partial charge in [-0.25, -0.2) is 4.39 Å². The molecule has 0 radical (unpaired) electrons. The Morgan fingerprint density at radius 1 is 1.30 bits per heavy atom. The number of hydrogen-bond donors (Lipinski definition) is 1. The van der Waals surface area contributed by atoms with E-state index in [0.29, 0.717) is 29.3 Å². The highest BCUT2D eigenvalue weighted by Gasteiger charge is 2.39. The zero-order valence-electron chi connectivity index (χ0n) is 17.3. The summed E-state index contributed by atoms with van der Waals surface area (Å²) < 4.78 is 29.9. The van der Waals surface area contributed by atoms with Crippen molar-refractivity contribution in [1.29, 1.82) is 5.26 Å². The first-order valence-corrected chi connectivity index (χ1v) is 10.1. The summed E-state index contributed by atoms with van der Waals surface area (Å²) in [6.45, 7) is 1.64. The Hall–Kier alpha value is -3.97. The van der Waals surface area contributed by atoms with Crippen LogP contribution in [0.3, 0.4) is 0 Å². The van der Waals surface area contributed by atoms with Gasteiger partial charge in [-0.15, -0.1) is 10.2 Å². The number of rotatable bonds is 8. The van der Waals surface area contributed by atoms with Crippen LogP contribution in [0, 0.1) is 17.1 Å². The van der Waals surface area contributed by atoms with E-state index in [1.807, 2.05) is 19.1 Å². The monoisotopic (exact) mass is 469 g/mol. The lowest BCUT2D eigenvalue weighted by Gasteiger charge is -2.33. The van der Waals surface area contributed by atoms with Crippen LogP contribution in [0.15, 0.2) is 52.8 Å². The smallest absolute Gasteiger partial charge is 0.262 e. The molecular formula is C22H17ClFN5O4. The van der Waals surface area contributed by atoms with Crippen molar-refractivity contribution < 1.29 is 23.1 Å². The van der Waals surface area contributed by atoms with Crippen LogP contribution in [0.2, 0.25) is 5.02 Å². The Morgan fingerprint density at radius 3 is 2.88 bits per heavy atom. The number of pyridine rings is 1. The van der Waals surface area contributed by atoms with E-state index < -0.39 is 11.2 Å². The lowest BCUT2D eigenvalue weighted by Crippen LogP contribution is -2.39. The topological polar surface area (TPSA) is 123 Å². The van der Waals surface area contributed by atoms with Gasteiger partial charge in [0, 0.05) is 30.4 Å². The van der Waals surface area contributed by atoms with Gasteiger partial charge in [-0.2, -0.15) is 5.26 Å². The highest BCUT2D eigenvalue weighted by atomic mass is 35.5. The summed E-state index contributed by atoms with van der Waals surface area (Å²) in [6, 6.07) is 7.49. The Labute approximate surface area is 192 Å². The SMILES string of the molecule is CC1(c2nnc(COc3cncc(C#N)c3)o2)C=C(NC(=O)COc2ccc(Cl)c(F)c2)C1. The number of nitrogens with one attached hydrogen (secondary N) is 1. The minimum Gasteiger partial charge on any atom is -0.484 e. The zero-order chi connectivity index (χ0) is 23.4. The van der Waals surface area contributed by atoms with Crippen molar-refractivity contribution in [2.24, 2.45) is 0 Å². The minimum absolute atomic E-state index is 0.0216. The molecule has 0 spiro atoms. The van der Waals surface area contributed by atoms with Gasteiger partial charge in [0.25, 0.3) is 11.8 Å². The molecule has 0 bridgehead atoms. The fraction of sp³-hybridized carbons (Fsp3) is 0.227. The number of amides is 1. The van der Waals surface area contributed by atoms with E-state index in [1.54, 1.807) is 6.07 Å². The first-order valence-electron chi connectivity index (χ1n) is 9.75. The normalized spacial score (nSPS) is 16.8. The molecule has 4 rings (SSSR count). The van der Waals surface area contributed by atoms with E-state index >= 15 is 0 Å². The van der Waals surface area contributed by atoms with Gasteiger partial charge in [0.2, 0.25) is 5.89 Å². The van der Waals surface area contributed by atoms with E-state index in [1.165, 1.54) is 24.5 Å². The number of carbonyl (C=O) groups is 1. The van der Waals surface area contributed by atoms with Crippen molar-refractivity contribution in [3.05, 3.63) is 76.6 Å². The molecule has 3 aromatic rings. The average molecular weight is 470 g/mol. The maximum atomic E-state index is 13.4. The quantitative estimate of drug-likeness (QED) is 0.532. The Morgan fingerprint density at radius 2 is 2.12 bits per heavy atom. The standard InChI is InChI=1S/C22H17ClFN5O4/c1-22(21-29-28-20(33-21)12-32-16-4-13(8-25)9-26-10-16)6-14(7-22)27-19(30)11-31-15-2-3-17(23)18(24)5-15/h2-6,9-10H,7,11-12H2,1H3,(H,27,30). The Balaban J connectivity index is 1.28. The van der Waals surface area contributed by atoms with Gasteiger partial charge in [-0.1, -0.05) is 11.6 Å². The van der Waals surface area contributed by atoms with Gasteiger partial charge < -0.3 is 19.2 Å². The molecule has 1 amide bonds. The molecule has 1 aliphatic rings. The largest absolute Gasteiger partial charge is 0.484 e. The summed E-state index contributed by atoms with van der Waals surface area (Å²) in [5.74, 6) is 0.265. The predicted molar refractivity (Wildman–Crippen MR) is 113 cm³/mol. The maximum Gasteiger partial charge on any atom is 0.262 e. The molecule has 33 heavy (non-hydrogen) atoms. The molecule has 168 valence electrons. The van der Waals surface area contributed by atoms with Crippen molar-refractivity contribution in [3.8, 4) is 17.6 Å². The number of nitriles is 1. The number of aromatic nitrogens is 3. The second kappa shape index (κ2) is 9.26. The first-order chi connectivity index (χ1) is 15.8. The van der Waals surface area contributed by atoms with Crippen LogP contribution in [-0.4, -0.2) is 27.7 Å². The van der Waals surface area contributed by atoms with Crippen molar-refractivity contribution in [2.45, 2.75) is 25.4 Å². The highest BCUT2D eigenvalue weighted by molar-refractivity contribution is 6.30. The zero-order valence-corrected chi connectivity index (χ0v) is 18.1. The molecule has 1 aromatic carbocycles. The summed E-state index contributed by atoms with van der Waals surface area (Å²) >= 11 is 5.62. The molecule has 1 aliphatic carbocycles. The Bertz CT molecular complexity index is 1270. The third-order valence-electron chi connectivity index (χ3n) is 4.77.